The lowest BCUT2D eigenvalue weighted by atomic mass is 10.1. The van der Waals surface area contributed by atoms with Crippen LogP contribution < -0.4 is 10.6 Å². The van der Waals surface area contributed by atoms with Crippen molar-refractivity contribution in [3.8, 4) is 10.6 Å². The number of carbonyl (C=O) groups excluding carboxylic acids is 1. The topological polar surface area (TPSA) is 79.8 Å². The first-order valence-electron chi connectivity index (χ1n) is 8.93. The van der Waals surface area contributed by atoms with Crippen molar-refractivity contribution in [1.29, 1.82) is 0 Å². The Bertz CT molecular complexity index is 1110. The van der Waals surface area contributed by atoms with Gasteiger partial charge in [0, 0.05) is 46.0 Å². The van der Waals surface area contributed by atoms with Crippen LogP contribution in [-0.2, 0) is 0 Å². The molecule has 0 fully saturated rings. The maximum absolute atomic E-state index is 12.0. The van der Waals surface area contributed by atoms with Crippen LogP contribution in [0.15, 0.2) is 60.2 Å². The minimum Gasteiger partial charge on any atom is -0.350 e. The molecule has 0 unspecified atom stereocenters. The lowest BCUT2D eigenvalue weighted by Crippen LogP contribution is -2.29. The summed E-state index contributed by atoms with van der Waals surface area (Å²) < 4.78 is 0. The monoisotopic (exact) mass is 389 g/mol. The summed E-state index contributed by atoms with van der Waals surface area (Å²) >= 11 is 1.60. The summed E-state index contributed by atoms with van der Waals surface area (Å²) in [7, 11) is 0. The number of fused-ring (bicyclic) bond motifs is 1. The van der Waals surface area contributed by atoms with Crippen LogP contribution in [-0.4, -0.2) is 26.9 Å². The van der Waals surface area contributed by atoms with E-state index in [1.54, 1.807) is 35.9 Å². The van der Waals surface area contributed by atoms with Gasteiger partial charge in [0.1, 0.15) is 5.01 Å². The van der Waals surface area contributed by atoms with E-state index < -0.39 is 0 Å². The fourth-order valence-electron chi connectivity index (χ4n) is 2.77. The number of anilines is 2. The second-order valence-electron chi connectivity index (χ2n) is 6.63. The molecule has 140 valence electrons. The van der Waals surface area contributed by atoms with Crippen molar-refractivity contribution in [1.82, 2.24) is 20.3 Å². The second-order valence-corrected chi connectivity index (χ2v) is 7.53. The van der Waals surface area contributed by atoms with Gasteiger partial charge in [-0.1, -0.05) is 0 Å². The molecule has 0 saturated heterocycles. The number of hydrogen-bond donors (Lipinski definition) is 2. The van der Waals surface area contributed by atoms with Crippen molar-refractivity contribution in [2.24, 2.45) is 0 Å². The molecule has 28 heavy (non-hydrogen) atoms. The first-order valence-corrected chi connectivity index (χ1v) is 9.81. The van der Waals surface area contributed by atoms with Crippen molar-refractivity contribution in [2.45, 2.75) is 19.9 Å². The summed E-state index contributed by atoms with van der Waals surface area (Å²) in [5.74, 6) is 0.424. The number of rotatable bonds is 5. The maximum Gasteiger partial charge on any atom is 0.251 e. The fraction of sp³-hybridized carbons (Fsp3) is 0.143. The van der Waals surface area contributed by atoms with Gasteiger partial charge in [0.2, 0.25) is 5.95 Å². The molecule has 2 aromatic carbocycles. The zero-order valence-corrected chi connectivity index (χ0v) is 16.3. The van der Waals surface area contributed by atoms with Crippen LogP contribution in [0.1, 0.15) is 24.2 Å². The highest BCUT2D eigenvalue weighted by Crippen LogP contribution is 2.25. The first kappa shape index (κ1) is 18.1. The number of thiazole rings is 1. The summed E-state index contributed by atoms with van der Waals surface area (Å²) in [5, 5.41) is 9.95. The number of aromatic nitrogens is 3. The molecule has 0 aliphatic rings. The molecule has 0 bridgehead atoms. The second kappa shape index (κ2) is 7.74. The average molecular weight is 389 g/mol. The van der Waals surface area contributed by atoms with Gasteiger partial charge >= 0.3 is 0 Å². The van der Waals surface area contributed by atoms with E-state index in [1.807, 2.05) is 49.6 Å². The van der Waals surface area contributed by atoms with Crippen LogP contribution in [0.2, 0.25) is 0 Å². The van der Waals surface area contributed by atoms with E-state index in [4.69, 9.17) is 0 Å². The maximum atomic E-state index is 12.0. The standard InChI is InChI=1S/C21H19N5OS/c1-13(2)24-19(27)14-3-6-17(7-4-14)25-21-23-12-16-11-15(5-8-18(16)26-21)20-22-9-10-28-20/h3-13H,1-2H3,(H,24,27)(H,23,25,26). The van der Waals surface area contributed by atoms with Crippen LogP contribution in [0.3, 0.4) is 0 Å². The van der Waals surface area contributed by atoms with Crippen molar-refractivity contribution in [3.05, 3.63) is 65.8 Å². The largest absolute Gasteiger partial charge is 0.350 e. The van der Waals surface area contributed by atoms with Gasteiger partial charge in [-0.3, -0.25) is 4.79 Å². The molecule has 4 rings (SSSR count). The van der Waals surface area contributed by atoms with Gasteiger partial charge in [0.25, 0.3) is 5.91 Å². The Morgan fingerprint density at radius 3 is 2.61 bits per heavy atom. The van der Waals surface area contributed by atoms with Crippen LogP contribution in [0.4, 0.5) is 11.6 Å². The van der Waals surface area contributed by atoms with Gasteiger partial charge in [0.15, 0.2) is 0 Å². The van der Waals surface area contributed by atoms with Crippen molar-refractivity contribution in [3.63, 3.8) is 0 Å². The molecule has 2 heterocycles. The van der Waals surface area contributed by atoms with E-state index in [0.29, 0.717) is 11.5 Å². The van der Waals surface area contributed by atoms with E-state index in [9.17, 15) is 4.79 Å². The smallest absolute Gasteiger partial charge is 0.251 e. The SMILES string of the molecule is CC(C)NC(=O)c1ccc(Nc2ncc3cc(-c4nccs4)ccc3n2)cc1. The summed E-state index contributed by atoms with van der Waals surface area (Å²) in [6.07, 6.45) is 3.59. The fourth-order valence-corrected chi connectivity index (χ4v) is 3.41. The molecule has 0 spiro atoms. The third-order valence-electron chi connectivity index (χ3n) is 4.08. The van der Waals surface area contributed by atoms with Gasteiger partial charge in [0.05, 0.1) is 5.52 Å². The van der Waals surface area contributed by atoms with Gasteiger partial charge in [-0.2, -0.15) is 0 Å². The van der Waals surface area contributed by atoms with E-state index >= 15 is 0 Å². The minimum atomic E-state index is -0.0838. The van der Waals surface area contributed by atoms with Crippen LogP contribution in [0, 0.1) is 0 Å². The van der Waals surface area contributed by atoms with Gasteiger partial charge in [-0.05, 0) is 56.3 Å². The highest BCUT2D eigenvalue weighted by Gasteiger charge is 2.08. The third-order valence-corrected chi connectivity index (χ3v) is 4.90. The van der Waals surface area contributed by atoms with Gasteiger partial charge < -0.3 is 10.6 Å². The normalized spacial score (nSPS) is 11.0. The minimum absolute atomic E-state index is 0.0838. The van der Waals surface area contributed by atoms with Gasteiger partial charge in [-0.25, -0.2) is 15.0 Å². The van der Waals surface area contributed by atoms with Crippen molar-refractivity contribution in [2.75, 3.05) is 5.32 Å². The summed E-state index contributed by atoms with van der Waals surface area (Å²) in [5.41, 5.74) is 3.35. The Morgan fingerprint density at radius 1 is 1.07 bits per heavy atom. The Hall–Kier alpha value is -3.32. The molecular weight excluding hydrogens is 370 g/mol. The van der Waals surface area contributed by atoms with Crippen LogP contribution in [0.5, 0.6) is 0 Å². The van der Waals surface area contributed by atoms with Gasteiger partial charge in [-0.15, -0.1) is 11.3 Å². The van der Waals surface area contributed by atoms with Crippen molar-refractivity contribution >= 4 is 39.8 Å². The third kappa shape index (κ3) is 3.99. The Labute approximate surface area is 166 Å². The zero-order chi connectivity index (χ0) is 19.5. The summed E-state index contributed by atoms with van der Waals surface area (Å²) in [6, 6.07) is 13.4. The molecule has 2 N–H and O–H groups in total. The molecule has 0 saturated carbocycles. The lowest BCUT2D eigenvalue weighted by Gasteiger charge is -2.09. The quantitative estimate of drug-likeness (QED) is 0.520. The van der Waals surface area contributed by atoms with E-state index in [1.165, 1.54) is 0 Å². The lowest BCUT2D eigenvalue weighted by molar-refractivity contribution is 0.0943. The predicted octanol–water partition coefficient (Wildman–Crippen LogP) is 4.64. The van der Waals surface area contributed by atoms with E-state index in [-0.39, 0.29) is 11.9 Å². The average Bonchev–Trinajstić information content (AvgIpc) is 3.22. The Morgan fingerprint density at radius 2 is 1.89 bits per heavy atom. The molecule has 4 aromatic rings. The number of nitrogens with zero attached hydrogens (tertiary/aromatic N) is 3. The van der Waals surface area contributed by atoms with Crippen LogP contribution in [0.25, 0.3) is 21.5 Å². The van der Waals surface area contributed by atoms with Crippen LogP contribution >= 0.6 is 11.3 Å². The molecule has 7 heteroatoms. The number of benzene rings is 2. The molecule has 6 nitrogen and oxygen atoms in total. The highest BCUT2D eigenvalue weighted by atomic mass is 32.1. The molecule has 0 aliphatic carbocycles. The Balaban J connectivity index is 1.51. The van der Waals surface area contributed by atoms with Crippen molar-refractivity contribution < 1.29 is 4.79 Å². The number of carbonyl (C=O) groups is 1. The van der Waals surface area contributed by atoms with E-state index in [0.717, 1.165) is 27.2 Å². The molecule has 1 amide bonds. The molecule has 2 aromatic heterocycles. The first-order chi connectivity index (χ1) is 13.6. The molecule has 0 atom stereocenters. The Kier molecular flexibility index (Phi) is 4.99. The highest BCUT2D eigenvalue weighted by molar-refractivity contribution is 7.13. The molecule has 0 radical (unpaired) electrons. The number of hydrogen-bond acceptors (Lipinski definition) is 6. The zero-order valence-electron chi connectivity index (χ0n) is 15.5. The number of nitrogens with one attached hydrogen (secondary N) is 2. The summed E-state index contributed by atoms with van der Waals surface area (Å²) in [4.78, 5) is 25.3. The molecular formula is C21H19N5OS. The molecule has 0 aliphatic heterocycles. The van der Waals surface area contributed by atoms with E-state index in [2.05, 4.69) is 25.6 Å². The number of amides is 1. The summed E-state index contributed by atoms with van der Waals surface area (Å²) in [6.45, 7) is 3.87. The predicted molar refractivity (Wildman–Crippen MR) is 113 cm³/mol.